The number of halogens is 2. The van der Waals surface area contributed by atoms with Crippen molar-refractivity contribution in [3.63, 3.8) is 0 Å². The summed E-state index contributed by atoms with van der Waals surface area (Å²) in [6, 6.07) is 12.1. The van der Waals surface area contributed by atoms with E-state index in [0.29, 0.717) is 5.56 Å². The summed E-state index contributed by atoms with van der Waals surface area (Å²) in [5, 5.41) is 0. The van der Waals surface area contributed by atoms with Crippen molar-refractivity contribution in [2.24, 2.45) is 0 Å². The molecule has 2 aromatic carbocycles. The number of fused-ring (bicyclic) bond motifs is 1. The Balaban J connectivity index is 2.12. The number of aryl methyl sites for hydroxylation is 1. The number of carbonyl (C=O) groups is 1. The van der Waals surface area contributed by atoms with E-state index >= 15 is 0 Å². The average Bonchev–Trinajstić information content (AvgIpc) is 2.68. The molecule has 0 bridgehead atoms. The van der Waals surface area contributed by atoms with Crippen LogP contribution in [0.5, 0.6) is 0 Å². The topological polar surface area (TPSA) is 26.3 Å². The van der Waals surface area contributed by atoms with E-state index in [1.807, 2.05) is 25.1 Å². The van der Waals surface area contributed by atoms with Crippen LogP contribution in [0.1, 0.15) is 15.9 Å². The van der Waals surface area contributed by atoms with Crippen molar-refractivity contribution in [1.29, 1.82) is 0 Å². The van der Waals surface area contributed by atoms with Crippen molar-refractivity contribution in [1.82, 2.24) is 0 Å². The second-order valence-electron chi connectivity index (χ2n) is 3.99. The summed E-state index contributed by atoms with van der Waals surface area (Å²) in [5.41, 5.74) is 1.51. The Hall–Kier alpha value is -1.43. The third kappa shape index (κ3) is 1.80. The molecule has 3 rings (SSSR count). The standard InChI is InChI=1S/C14H10FIO2/c1-9-8-10(15)6-7-12(9)16-13-5-3-2-4-11(13)14(17)18-16/h2-8H,1H3. The second kappa shape index (κ2) is 4.35. The first-order valence-electron chi connectivity index (χ1n) is 5.44. The Morgan fingerprint density at radius 1 is 1.11 bits per heavy atom. The monoisotopic (exact) mass is 356 g/mol. The molecule has 0 N–H and O–H groups in total. The molecule has 0 aromatic heterocycles. The van der Waals surface area contributed by atoms with Gasteiger partial charge < -0.3 is 0 Å². The fourth-order valence-corrected chi connectivity index (χ4v) is 6.52. The van der Waals surface area contributed by atoms with Crippen LogP contribution in [-0.4, -0.2) is 5.97 Å². The predicted molar refractivity (Wildman–Crippen MR) is 74.4 cm³/mol. The zero-order chi connectivity index (χ0) is 12.7. The van der Waals surface area contributed by atoms with Crippen LogP contribution in [0.25, 0.3) is 0 Å². The van der Waals surface area contributed by atoms with Crippen molar-refractivity contribution in [2.75, 3.05) is 0 Å². The minimum absolute atomic E-state index is 0.250. The first-order valence-corrected chi connectivity index (χ1v) is 8.48. The molecule has 0 saturated heterocycles. The molecular formula is C14H10FIO2. The van der Waals surface area contributed by atoms with Gasteiger partial charge in [-0.1, -0.05) is 0 Å². The van der Waals surface area contributed by atoms with Crippen LogP contribution in [-0.2, 0) is 3.07 Å². The summed E-state index contributed by atoms with van der Waals surface area (Å²) < 4.78 is 20.6. The van der Waals surface area contributed by atoms with Crippen molar-refractivity contribution in [3.8, 4) is 0 Å². The molecule has 0 aliphatic carbocycles. The molecule has 92 valence electrons. The summed E-state index contributed by atoms with van der Waals surface area (Å²) in [6.45, 7) is 1.85. The fourth-order valence-electron chi connectivity index (χ4n) is 1.88. The molecule has 2 nitrogen and oxygen atoms in total. The third-order valence-corrected chi connectivity index (χ3v) is 7.83. The molecule has 4 heteroatoms. The summed E-state index contributed by atoms with van der Waals surface area (Å²) in [5.74, 6) is -0.509. The summed E-state index contributed by atoms with van der Waals surface area (Å²) in [4.78, 5) is 11.8. The van der Waals surface area contributed by atoms with Gasteiger partial charge in [-0.3, -0.25) is 0 Å². The molecule has 1 aliphatic rings. The van der Waals surface area contributed by atoms with Gasteiger partial charge in [0.2, 0.25) is 0 Å². The number of hydrogen-bond acceptors (Lipinski definition) is 2. The summed E-state index contributed by atoms with van der Waals surface area (Å²) in [7, 11) is 0. The van der Waals surface area contributed by atoms with Crippen LogP contribution in [0.2, 0.25) is 0 Å². The maximum absolute atomic E-state index is 13.1. The molecule has 0 amide bonds. The van der Waals surface area contributed by atoms with E-state index in [1.165, 1.54) is 12.1 Å². The Labute approximate surface area is 112 Å². The maximum atomic E-state index is 13.1. The van der Waals surface area contributed by atoms with Crippen molar-refractivity contribution < 1.29 is 12.3 Å². The van der Waals surface area contributed by atoms with E-state index < -0.39 is 20.2 Å². The molecule has 2 aromatic rings. The first kappa shape index (κ1) is 11.6. The molecule has 0 unspecified atom stereocenters. The predicted octanol–water partition coefficient (Wildman–Crippen LogP) is 3.77. The average molecular weight is 356 g/mol. The number of rotatable bonds is 1. The van der Waals surface area contributed by atoms with Gasteiger partial charge in [0.15, 0.2) is 0 Å². The third-order valence-electron chi connectivity index (χ3n) is 2.73. The first-order chi connectivity index (χ1) is 8.66. The number of hydrogen-bond donors (Lipinski definition) is 0. The summed E-state index contributed by atoms with van der Waals surface area (Å²) in [6.07, 6.45) is 0. The van der Waals surface area contributed by atoms with E-state index in [-0.39, 0.29) is 11.8 Å². The van der Waals surface area contributed by atoms with Gasteiger partial charge >= 0.3 is 112 Å². The van der Waals surface area contributed by atoms with Crippen molar-refractivity contribution >= 4 is 26.2 Å². The molecule has 0 spiro atoms. The van der Waals surface area contributed by atoms with Crippen molar-refractivity contribution in [3.05, 3.63) is 66.5 Å². The van der Waals surface area contributed by atoms with E-state index in [0.717, 1.165) is 12.7 Å². The number of benzene rings is 2. The van der Waals surface area contributed by atoms with Gasteiger partial charge in [-0.15, -0.1) is 0 Å². The SMILES string of the molecule is Cc1cc(F)ccc1I1OC(=O)c2ccccc21. The quantitative estimate of drug-likeness (QED) is 0.728. The molecule has 0 saturated carbocycles. The zero-order valence-corrected chi connectivity index (χ0v) is 11.8. The van der Waals surface area contributed by atoms with Crippen molar-refractivity contribution in [2.45, 2.75) is 6.92 Å². The number of carbonyl (C=O) groups excluding carboxylic acids is 1. The van der Waals surface area contributed by atoms with E-state index in [2.05, 4.69) is 0 Å². The van der Waals surface area contributed by atoms with Crippen LogP contribution in [0.4, 0.5) is 4.39 Å². The van der Waals surface area contributed by atoms with Crippen LogP contribution in [0.3, 0.4) is 0 Å². The zero-order valence-electron chi connectivity index (χ0n) is 9.61. The Morgan fingerprint density at radius 3 is 2.67 bits per heavy atom. The molecule has 0 fully saturated rings. The molecule has 0 atom stereocenters. The van der Waals surface area contributed by atoms with Gasteiger partial charge in [0.05, 0.1) is 0 Å². The Morgan fingerprint density at radius 2 is 1.89 bits per heavy atom. The van der Waals surface area contributed by atoms with E-state index in [9.17, 15) is 9.18 Å². The molecule has 18 heavy (non-hydrogen) atoms. The Bertz CT molecular complexity index is 639. The van der Waals surface area contributed by atoms with E-state index in [4.69, 9.17) is 3.07 Å². The summed E-state index contributed by atoms with van der Waals surface area (Å²) >= 11 is -2.17. The Kier molecular flexibility index (Phi) is 2.81. The van der Waals surface area contributed by atoms with Crippen LogP contribution in [0.15, 0.2) is 42.5 Å². The second-order valence-corrected chi connectivity index (χ2v) is 8.17. The molecule has 0 radical (unpaired) electrons. The minimum atomic E-state index is -2.17. The normalized spacial score (nSPS) is 15.4. The fraction of sp³-hybridized carbons (Fsp3) is 0.0714. The molecular weight excluding hydrogens is 346 g/mol. The van der Waals surface area contributed by atoms with Gasteiger partial charge in [0.25, 0.3) is 0 Å². The van der Waals surface area contributed by atoms with Gasteiger partial charge in [-0.05, 0) is 0 Å². The van der Waals surface area contributed by atoms with Gasteiger partial charge in [0, 0.05) is 0 Å². The van der Waals surface area contributed by atoms with E-state index in [1.54, 1.807) is 12.1 Å². The molecule has 1 heterocycles. The van der Waals surface area contributed by atoms with Gasteiger partial charge in [-0.2, -0.15) is 0 Å². The van der Waals surface area contributed by atoms with Gasteiger partial charge in [0.1, 0.15) is 0 Å². The molecule has 1 aliphatic heterocycles. The van der Waals surface area contributed by atoms with Crippen LogP contribution in [0, 0.1) is 19.9 Å². The van der Waals surface area contributed by atoms with Crippen LogP contribution >= 0.6 is 20.2 Å². The van der Waals surface area contributed by atoms with Crippen LogP contribution < -0.4 is 0 Å². The van der Waals surface area contributed by atoms with Gasteiger partial charge in [-0.25, -0.2) is 0 Å².